The number of benzene rings is 1. The molecule has 0 fully saturated rings. The molecular formula is C10H7Br2NO2. The summed E-state index contributed by atoms with van der Waals surface area (Å²) in [7, 11) is 1.48. The van der Waals surface area contributed by atoms with Gasteiger partial charge in [0.1, 0.15) is 0 Å². The maximum absolute atomic E-state index is 11.5. The summed E-state index contributed by atoms with van der Waals surface area (Å²) in [5, 5.41) is 0.918. The molecule has 15 heavy (non-hydrogen) atoms. The van der Waals surface area contributed by atoms with Crippen LogP contribution in [0, 0.1) is 0 Å². The first-order valence-electron chi connectivity index (χ1n) is 4.18. The van der Waals surface area contributed by atoms with Gasteiger partial charge >= 0.3 is 0 Å². The van der Waals surface area contributed by atoms with Crippen LogP contribution in [-0.4, -0.2) is 12.1 Å². The minimum absolute atomic E-state index is 0.223. The Morgan fingerprint density at radius 1 is 1.20 bits per heavy atom. The van der Waals surface area contributed by atoms with Gasteiger partial charge in [0.05, 0.1) is 7.11 Å². The van der Waals surface area contributed by atoms with Gasteiger partial charge in [-0.05, 0) is 50.1 Å². The predicted molar refractivity (Wildman–Crippen MR) is 66.5 cm³/mol. The van der Waals surface area contributed by atoms with Gasteiger partial charge < -0.3 is 9.72 Å². The summed E-state index contributed by atoms with van der Waals surface area (Å²) in [6, 6.07) is 5.48. The topological polar surface area (TPSA) is 42.1 Å². The summed E-state index contributed by atoms with van der Waals surface area (Å²) in [6.07, 6.45) is 0. The lowest BCUT2D eigenvalue weighted by Crippen LogP contribution is -2.08. The van der Waals surface area contributed by atoms with Crippen LogP contribution in [0.5, 0.6) is 5.75 Å². The van der Waals surface area contributed by atoms with E-state index in [4.69, 9.17) is 4.74 Å². The smallest absolute Gasteiger partial charge is 0.290 e. The van der Waals surface area contributed by atoms with Crippen LogP contribution in [0.25, 0.3) is 10.9 Å². The summed E-state index contributed by atoms with van der Waals surface area (Å²) < 4.78 is 6.79. The normalized spacial score (nSPS) is 10.6. The predicted octanol–water partition coefficient (Wildman–Crippen LogP) is 3.06. The number of H-pyrrole nitrogens is 1. The fraction of sp³-hybridized carbons (Fsp3) is 0.100. The summed E-state index contributed by atoms with van der Waals surface area (Å²) in [6.45, 7) is 0. The number of hydrogen-bond donors (Lipinski definition) is 1. The highest BCUT2D eigenvalue weighted by Crippen LogP contribution is 2.28. The van der Waals surface area contributed by atoms with Crippen molar-refractivity contribution in [1.82, 2.24) is 4.98 Å². The molecule has 0 aliphatic heterocycles. The SMILES string of the molecule is COc1cc2cc(Br)c(Br)cc2[nH]c1=O. The Morgan fingerprint density at radius 2 is 1.87 bits per heavy atom. The monoisotopic (exact) mass is 331 g/mol. The molecule has 0 saturated heterocycles. The van der Waals surface area contributed by atoms with Crippen molar-refractivity contribution in [3.8, 4) is 5.75 Å². The first kappa shape index (κ1) is 10.7. The second-order valence-electron chi connectivity index (χ2n) is 3.02. The number of halogens is 2. The van der Waals surface area contributed by atoms with Crippen LogP contribution in [0.4, 0.5) is 0 Å². The fourth-order valence-corrected chi connectivity index (χ4v) is 2.04. The molecule has 2 aromatic rings. The average Bonchev–Trinajstić information content (AvgIpc) is 2.20. The van der Waals surface area contributed by atoms with Crippen molar-refractivity contribution in [3.05, 3.63) is 37.5 Å². The van der Waals surface area contributed by atoms with Gasteiger partial charge in [0, 0.05) is 19.8 Å². The molecule has 78 valence electrons. The Balaban J connectivity index is 2.82. The minimum Gasteiger partial charge on any atom is -0.491 e. The highest BCUT2D eigenvalue weighted by molar-refractivity contribution is 9.13. The zero-order valence-electron chi connectivity index (χ0n) is 7.80. The maximum atomic E-state index is 11.5. The third-order valence-electron chi connectivity index (χ3n) is 2.07. The van der Waals surface area contributed by atoms with Gasteiger partial charge in [-0.15, -0.1) is 0 Å². The number of ether oxygens (including phenoxy) is 1. The zero-order valence-corrected chi connectivity index (χ0v) is 11.0. The summed E-state index contributed by atoms with van der Waals surface area (Å²) >= 11 is 6.78. The Kier molecular flexibility index (Phi) is 2.84. The van der Waals surface area contributed by atoms with E-state index in [1.807, 2.05) is 12.1 Å². The summed E-state index contributed by atoms with van der Waals surface area (Å²) in [4.78, 5) is 14.2. The van der Waals surface area contributed by atoms with Crippen molar-refractivity contribution in [1.29, 1.82) is 0 Å². The Bertz CT molecular complexity index is 577. The maximum Gasteiger partial charge on any atom is 0.290 e. The zero-order chi connectivity index (χ0) is 11.0. The van der Waals surface area contributed by atoms with E-state index in [0.29, 0.717) is 5.75 Å². The van der Waals surface area contributed by atoms with Gasteiger partial charge in [0.15, 0.2) is 5.75 Å². The number of aromatic amines is 1. The van der Waals surface area contributed by atoms with Crippen molar-refractivity contribution >= 4 is 42.8 Å². The fourth-order valence-electron chi connectivity index (χ4n) is 1.33. The van der Waals surface area contributed by atoms with E-state index in [9.17, 15) is 4.79 Å². The van der Waals surface area contributed by atoms with Crippen molar-refractivity contribution in [2.75, 3.05) is 7.11 Å². The third-order valence-corrected chi connectivity index (χ3v) is 3.92. The van der Waals surface area contributed by atoms with Crippen LogP contribution in [-0.2, 0) is 0 Å². The second kappa shape index (κ2) is 3.98. The van der Waals surface area contributed by atoms with E-state index in [1.165, 1.54) is 7.11 Å². The van der Waals surface area contributed by atoms with Crippen molar-refractivity contribution < 1.29 is 4.74 Å². The largest absolute Gasteiger partial charge is 0.491 e. The highest BCUT2D eigenvalue weighted by atomic mass is 79.9. The Hall–Kier alpha value is -0.810. The Morgan fingerprint density at radius 3 is 2.53 bits per heavy atom. The van der Waals surface area contributed by atoms with E-state index in [-0.39, 0.29) is 5.56 Å². The molecule has 0 bridgehead atoms. The van der Waals surface area contributed by atoms with E-state index in [1.54, 1.807) is 6.07 Å². The molecule has 0 radical (unpaired) electrons. The first-order chi connectivity index (χ1) is 7.11. The molecule has 3 nitrogen and oxygen atoms in total. The molecule has 0 aliphatic rings. The lowest BCUT2D eigenvalue weighted by molar-refractivity contribution is 0.409. The van der Waals surface area contributed by atoms with Gasteiger partial charge in [0.25, 0.3) is 5.56 Å². The molecule has 0 amide bonds. The van der Waals surface area contributed by atoms with Crippen LogP contribution in [0.2, 0.25) is 0 Å². The van der Waals surface area contributed by atoms with Gasteiger partial charge in [0.2, 0.25) is 0 Å². The van der Waals surface area contributed by atoms with E-state index >= 15 is 0 Å². The molecule has 0 atom stereocenters. The van der Waals surface area contributed by atoms with Gasteiger partial charge in [-0.25, -0.2) is 0 Å². The molecule has 2 rings (SSSR count). The number of methoxy groups -OCH3 is 1. The summed E-state index contributed by atoms with van der Waals surface area (Å²) in [5.41, 5.74) is 0.551. The lowest BCUT2D eigenvalue weighted by Gasteiger charge is -2.03. The highest BCUT2D eigenvalue weighted by Gasteiger charge is 2.05. The molecule has 0 aliphatic carbocycles. The molecular weight excluding hydrogens is 326 g/mol. The molecule has 1 aromatic carbocycles. The molecule has 1 aromatic heterocycles. The van der Waals surface area contributed by atoms with Crippen LogP contribution >= 0.6 is 31.9 Å². The molecule has 1 N–H and O–H groups in total. The van der Waals surface area contributed by atoms with Gasteiger partial charge in [-0.3, -0.25) is 4.79 Å². The number of hydrogen-bond acceptors (Lipinski definition) is 2. The number of pyridine rings is 1. The standard InChI is InChI=1S/C10H7Br2NO2/c1-15-9-3-5-2-6(11)7(12)4-8(5)13-10(9)14/h2-4H,1H3,(H,13,14). The van der Waals surface area contributed by atoms with Crippen molar-refractivity contribution in [3.63, 3.8) is 0 Å². The van der Waals surface area contributed by atoms with Crippen LogP contribution in [0.3, 0.4) is 0 Å². The number of aromatic nitrogens is 1. The molecule has 0 saturated carbocycles. The second-order valence-corrected chi connectivity index (χ2v) is 4.73. The van der Waals surface area contributed by atoms with E-state index < -0.39 is 0 Å². The minimum atomic E-state index is -0.223. The molecule has 0 spiro atoms. The lowest BCUT2D eigenvalue weighted by atomic mass is 10.2. The number of rotatable bonds is 1. The first-order valence-corrected chi connectivity index (χ1v) is 5.76. The van der Waals surface area contributed by atoms with Gasteiger partial charge in [-0.2, -0.15) is 0 Å². The van der Waals surface area contributed by atoms with Crippen molar-refractivity contribution in [2.45, 2.75) is 0 Å². The van der Waals surface area contributed by atoms with Crippen LogP contribution in [0.1, 0.15) is 0 Å². The van der Waals surface area contributed by atoms with Crippen molar-refractivity contribution in [2.24, 2.45) is 0 Å². The number of fused-ring (bicyclic) bond motifs is 1. The molecule has 5 heteroatoms. The quantitative estimate of drug-likeness (QED) is 0.872. The third kappa shape index (κ3) is 1.94. The number of nitrogens with one attached hydrogen (secondary N) is 1. The average molecular weight is 333 g/mol. The Labute approximate surface area is 103 Å². The molecule has 0 unspecified atom stereocenters. The van der Waals surface area contributed by atoms with Crippen LogP contribution < -0.4 is 10.3 Å². The van der Waals surface area contributed by atoms with E-state index in [2.05, 4.69) is 36.8 Å². The van der Waals surface area contributed by atoms with E-state index in [0.717, 1.165) is 19.8 Å². The molecule has 1 heterocycles. The van der Waals surface area contributed by atoms with Gasteiger partial charge in [-0.1, -0.05) is 0 Å². The van der Waals surface area contributed by atoms with Crippen LogP contribution in [0.15, 0.2) is 31.9 Å². The summed E-state index contributed by atoms with van der Waals surface area (Å²) in [5.74, 6) is 0.316.